The Bertz CT molecular complexity index is 859. The second kappa shape index (κ2) is 10.7. The lowest BCUT2D eigenvalue weighted by molar-refractivity contribution is 0.206. The lowest BCUT2D eigenvalue weighted by atomic mass is 10.1. The molecule has 2 aromatic rings. The molecule has 1 fully saturated rings. The van der Waals surface area contributed by atoms with Gasteiger partial charge in [-0.15, -0.1) is 0 Å². The topological polar surface area (TPSA) is 65.5 Å². The van der Waals surface area contributed by atoms with Gasteiger partial charge in [0.1, 0.15) is 11.5 Å². The number of aromatic nitrogens is 2. The first-order valence-electron chi connectivity index (χ1n) is 11.6. The van der Waals surface area contributed by atoms with Gasteiger partial charge in [-0.05, 0) is 71.4 Å². The molecule has 6 nitrogen and oxygen atoms in total. The van der Waals surface area contributed by atoms with Crippen LogP contribution in [0, 0.1) is 6.92 Å². The van der Waals surface area contributed by atoms with Gasteiger partial charge in [0, 0.05) is 17.7 Å². The Morgan fingerprint density at radius 2 is 1.81 bits per heavy atom. The summed E-state index contributed by atoms with van der Waals surface area (Å²) in [6, 6.07) is 6.34. The molecule has 0 saturated heterocycles. The number of hydrogen-bond acceptors (Lipinski definition) is 6. The Morgan fingerprint density at radius 1 is 1.10 bits per heavy atom. The van der Waals surface area contributed by atoms with E-state index >= 15 is 0 Å². The Morgan fingerprint density at radius 3 is 2.42 bits per heavy atom. The molecule has 1 N–H and O–H groups in total. The molecule has 1 aliphatic carbocycles. The van der Waals surface area contributed by atoms with E-state index < -0.39 is 0 Å². The molecule has 1 aromatic carbocycles. The highest BCUT2D eigenvalue weighted by Gasteiger charge is 2.21. The van der Waals surface area contributed by atoms with Crippen molar-refractivity contribution in [3.05, 3.63) is 23.9 Å². The van der Waals surface area contributed by atoms with E-state index in [-0.39, 0.29) is 6.10 Å². The van der Waals surface area contributed by atoms with E-state index in [4.69, 9.17) is 24.2 Å². The van der Waals surface area contributed by atoms with Gasteiger partial charge in [0.2, 0.25) is 0 Å². The highest BCUT2D eigenvalue weighted by molar-refractivity contribution is 5.72. The quantitative estimate of drug-likeness (QED) is 0.489. The lowest BCUT2D eigenvalue weighted by Gasteiger charge is -2.20. The van der Waals surface area contributed by atoms with Crippen LogP contribution in [0.25, 0.3) is 11.3 Å². The van der Waals surface area contributed by atoms with Crippen molar-refractivity contribution in [1.29, 1.82) is 0 Å². The average Bonchev–Trinajstić information content (AvgIpc) is 3.25. The van der Waals surface area contributed by atoms with Gasteiger partial charge in [0.05, 0.1) is 30.7 Å². The molecule has 1 heterocycles. The molecule has 1 aromatic heterocycles. The third kappa shape index (κ3) is 5.81. The number of rotatable bonds is 10. The SMILES string of the molecule is CCC(CC)Nc1nc(C)c(-c2ccc(OC3CCCC3)cc2OC(C)C)nc1OC. The van der Waals surface area contributed by atoms with Gasteiger partial charge in [-0.25, -0.2) is 9.97 Å². The first-order chi connectivity index (χ1) is 14.9. The van der Waals surface area contributed by atoms with E-state index in [2.05, 4.69) is 19.2 Å². The Labute approximate surface area is 186 Å². The molecule has 170 valence electrons. The average molecular weight is 428 g/mol. The summed E-state index contributed by atoms with van der Waals surface area (Å²) in [6.45, 7) is 10.3. The second-order valence-electron chi connectivity index (χ2n) is 8.52. The van der Waals surface area contributed by atoms with Gasteiger partial charge in [0.25, 0.3) is 5.88 Å². The third-order valence-corrected chi connectivity index (χ3v) is 5.73. The van der Waals surface area contributed by atoms with E-state index in [1.165, 1.54) is 12.8 Å². The zero-order valence-electron chi connectivity index (χ0n) is 19.8. The normalized spacial score (nSPS) is 14.3. The van der Waals surface area contributed by atoms with Crippen molar-refractivity contribution in [3.63, 3.8) is 0 Å². The molecule has 1 aliphatic rings. The van der Waals surface area contributed by atoms with Gasteiger partial charge in [-0.3, -0.25) is 0 Å². The number of hydrogen-bond donors (Lipinski definition) is 1. The molecule has 6 heteroatoms. The fourth-order valence-electron chi connectivity index (χ4n) is 4.00. The Kier molecular flexibility index (Phi) is 7.99. The van der Waals surface area contributed by atoms with Crippen LogP contribution in [0.3, 0.4) is 0 Å². The van der Waals surface area contributed by atoms with Crippen LogP contribution in [0.15, 0.2) is 18.2 Å². The maximum absolute atomic E-state index is 6.20. The smallest absolute Gasteiger partial charge is 0.257 e. The fraction of sp³-hybridized carbons (Fsp3) is 0.600. The predicted molar refractivity (Wildman–Crippen MR) is 125 cm³/mol. The van der Waals surface area contributed by atoms with Crippen molar-refractivity contribution in [2.24, 2.45) is 0 Å². The minimum atomic E-state index is 0.0337. The molecule has 31 heavy (non-hydrogen) atoms. The van der Waals surface area contributed by atoms with Crippen LogP contribution < -0.4 is 19.5 Å². The molecule has 1 saturated carbocycles. The molecule has 0 amide bonds. The minimum absolute atomic E-state index is 0.0337. The molecule has 0 aliphatic heterocycles. The summed E-state index contributed by atoms with van der Waals surface area (Å²) >= 11 is 0. The van der Waals surface area contributed by atoms with Crippen molar-refractivity contribution in [3.8, 4) is 28.6 Å². The van der Waals surface area contributed by atoms with Crippen LogP contribution in [0.1, 0.15) is 71.9 Å². The molecular formula is C25H37N3O3. The second-order valence-corrected chi connectivity index (χ2v) is 8.52. The van der Waals surface area contributed by atoms with Crippen molar-refractivity contribution >= 4 is 5.82 Å². The number of benzene rings is 1. The van der Waals surface area contributed by atoms with E-state index in [9.17, 15) is 0 Å². The van der Waals surface area contributed by atoms with Crippen molar-refractivity contribution in [2.45, 2.75) is 91.4 Å². The van der Waals surface area contributed by atoms with Gasteiger partial charge in [-0.2, -0.15) is 0 Å². The Hall–Kier alpha value is -2.50. The largest absolute Gasteiger partial charge is 0.490 e. The maximum atomic E-state index is 6.20. The van der Waals surface area contributed by atoms with Crippen LogP contribution in [0.2, 0.25) is 0 Å². The van der Waals surface area contributed by atoms with Crippen molar-refractivity contribution in [1.82, 2.24) is 9.97 Å². The zero-order chi connectivity index (χ0) is 22.4. The minimum Gasteiger partial charge on any atom is -0.490 e. The molecule has 0 atom stereocenters. The summed E-state index contributed by atoms with van der Waals surface area (Å²) in [5, 5.41) is 3.46. The summed E-state index contributed by atoms with van der Waals surface area (Å²) < 4.78 is 17.9. The molecule has 0 unspecified atom stereocenters. The first-order valence-corrected chi connectivity index (χ1v) is 11.6. The van der Waals surface area contributed by atoms with E-state index in [0.29, 0.717) is 23.8 Å². The van der Waals surface area contributed by atoms with Crippen molar-refractivity contribution in [2.75, 3.05) is 12.4 Å². The summed E-state index contributed by atoms with van der Waals surface area (Å²) in [6.07, 6.45) is 7.08. The maximum Gasteiger partial charge on any atom is 0.257 e. The fourth-order valence-corrected chi connectivity index (χ4v) is 4.00. The summed E-state index contributed by atoms with van der Waals surface area (Å²) in [5.41, 5.74) is 2.48. The number of aryl methyl sites for hydroxylation is 1. The highest BCUT2D eigenvalue weighted by atomic mass is 16.5. The van der Waals surface area contributed by atoms with Gasteiger partial charge in [-0.1, -0.05) is 13.8 Å². The summed E-state index contributed by atoms with van der Waals surface area (Å²) in [7, 11) is 1.63. The molecular weight excluding hydrogens is 390 g/mol. The van der Waals surface area contributed by atoms with Crippen LogP contribution in [-0.4, -0.2) is 35.3 Å². The number of methoxy groups -OCH3 is 1. The van der Waals surface area contributed by atoms with Crippen LogP contribution in [0.4, 0.5) is 5.82 Å². The lowest BCUT2D eigenvalue weighted by Crippen LogP contribution is -2.19. The monoisotopic (exact) mass is 427 g/mol. The van der Waals surface area contributed by atoms with Crippen LogP contribution >= 0.6 is 0 Å². The summed E-state index contributed by atoms with van der Waals surface area (Å²) in [5.74, 6) is 2.78. The first kappa shape index (κ1) is 23.2. The molecule has 0 radical (unpaired) electrons. The van der Waals surface area contributed by atoms with Gasteiger partial charge >= 0.3 is 0 Å². The van der Waals surface area contributed by atoms with Gasteiger partial charge in [0.15, 0.2) is 5.82 Å². The summed E-state index contributed by atoms with van der Waals surface area (Å²) in [4.78, 5) is 9.61. The standard InChI is InChI=1S/C25H37N3O3/c1-7-18(8-2)27-24-25(29-6)28-23(17(5)26-24)21-14-13-20(15-22(21)30-16(3)4)31-19-11-9-10-12-19/h13-16,18-19H,7-12H2,1-6H3,(H,26,27). The van der Waals surface area contributed by atoms with E-state index in [0.717, 1.165) is 54.1 Å². The van der Waals surface area contributed by atoms with E-state index in [1.54, 1.807) is 7.11 Å². The van der Waals surface area contributed by atoms with Crippen LogP contribution in [0.5, 0.6) is 17.4 Å². The van der Waals surface area contributed by atoms with Crippen molar-refractivity contribution < 1.29 is 14.2 Å². The number of nitrogens with zero attached hydrogens (tertiary/aromatic N) is 2. The Balaban J connectivity index is 1.97. The predicted octanol–water partition coefficient (Wildman–Crippen LogP) is 6.17. The zero-order valence-corrected chi connectivity index (χ0v) is 19.8. The number of ether oxygens (including phenoxy) is 3. The van der Waals surface area contributed by atoms with Crippen LogP contribution in [-0.2, 0) is 0 Å². The number of anilines is 1. The molecule has 3 rings (SSSR count). The third-order valence-electron chi connectivity index (χ3n) is 5.73. The number of nitrogens with one attached hydrogen (secondary N) is 1. The van der Waals surface area contributed by atoms with E-state index in [1.807, 2.05) is 39.0 Å². The molecule has 0 bridgehead atoms. The van der Waals surface area contributed by atoms with Gasteiger partial charge < -0.3 is 19.5 Å². The highest BCUT2D eigenvalue weighted by Crippen LogP contribution is 2.37. The molecule has 0 spiro atoms.